The molecule has 0 fully saturated rings. The maximum absolute atomic E-state index is 5.68. The van der Waals surface area contributed by atoms with Gasteiger partial charge in [-0.2, -0.15) is 4.98 Å². The Bertz CT molecular complexity index is 709. The van der Waals surface area contributed by atoms with Crippen molar-refractivity contribution in [1.82, 2.24) is 9.97 Å². The van der Waals surface area contributed by atoms with Crippen molar-refractivity contribution in [3.63, 3.8) is 0 Å². The summed E-state index contributed by atoms with van der Waals surface area (Å²) >= 11 is 3.35. The molecule has 18 heavy (non-hydrogen) atoms. The fourth-order valence-corrected chi connectivity index (χ4v) is 1.99. The fourth-order valence-electron chi connectivity index (χ4n) is 1.68. The Labute approximate surface area is 112 Å². The molecule has 0 bridgehead atoms. The molecule has 0 unspecified atom stereocenters. The van der Waals surface area contributed by atoms with Gasteiger partial charge in [-0.3, -0.25) is 0 Å². The van der Waals surface area contributed by atoms with Gasteiger partial charge >= 0.3 is 0 Å². The molecule has 5 heteroatoms. The minimum Gasteiger partial charge on any atom is -0.497 e. The topological polar surface area (TPSA) is 48.2 Å². The lowest BCUT2D eigenvalue weighted by atomic mass is 10.2. The van der Waals surface area contributed by atoms with Crippen molar-refractivity contribution >= 4 is 27.2 Å². The molecular weight excluding hydrogens is 296 g/mol. The number of aromatic nitrogens is 2. The minimum absolute atomic E-state index is 0.537. The molecule has 2 aromatic heterocycles. The van der Waals surface area contributed by atoms with E-state index >= 15 is 0 Å². The summed E-state index contributed by atoms with van der Waals surface area (Å²) in [7, 11) is 1.63. The quantitative estimate of drug-likeness (QED) is 0.725. The zero-order chi connectivity index (χ0) is 12.5. The zero-order valence-corrected chi connectivity index (χ0v) is 11.1. The molecule has 0 aliphatic heterocycles. The number of rotatable bonds is 2. The molecule has 0 saturated carbocycles. The van der Waals surface area contributed by atoms with Gasteiger partial charge in [0.15, 0.2) is 11.2 Å². The molecule has 0 amide bonds. The number of hydrogen-bond donors (Lipinski definition) is 0. The second-order valence-electron chi connectivity index (χ2n) is 3.73. The van der Waals surface area contributed by atoms with Crippen molar-refractivity contribution < 1.29 is 9.15 Å². The maximum atomic E-state index is 5.68. The summed E-state index contributed by atoms with van der Waals surface area (Å²) < 4.78 is 11.7. The Kier molecular flexibility index (Phi) is 2.76. The standard InChI is InChI=1S/C13H9BrN2O2/c1-17-10-4-2-3-8(5-10)13-16-12-11(18-13)6-9(14)7-15-12/h2-7H,1H3. The van der Waals surface area contributed by atoms with Crippen LogP contribution in [0.1, 0.15) is 0 Å². The van der Waals surface area contributed by atoms with E-state index in [0.717, 1.165) is 15.8 Å². The highest BCUT2D eigenvalue weighted by molar-refractivity contribution is 9.10. The van der Waals surface area contributed by atoms with Gasteiger partial charge in [-0.25, -0.2) is 4.98 Å². The van der Waals surface area contributed by atoms with E-state index in [2.05, 4.69) is 25.9 Å². The third-order valence-corrected chi connectivity index (χ3v) is 2.96. The zero-order valence-electron chi connectivity index (χ0n) is 9.55. The highest BCUT2D eigenvalue weighted by atomic mass is 79.9. The van der Waals surface area contributed by atoms with Gasteiger partial charge in [-0.15, -0.1) is 0 Å². The van der Waals surface area contributed by atoms with Gasteiger partial charge < -0.3 is 9.15 Å². The van der Waals surface area contributed by atoms with Gasteiger partial charge in [-0.05, 0) is 34.1 Å². The summed E-state index contributed by atoms with van der Waals surface area (Å²) in [6.07, 6.45) is 1.69. The van der Waals surface area contributed by atoms with Crippen LogP contribution in [-0.4, -0.2) is 17.1 Å². The van der Waals surface area contributed by atoms with E-state index < -0.39 is 0 Å². The van der Waals surface area contributed by atoms with Crippen molar-refractivity contribution in [1.29, 1.82) is 0 Å². The summed E-state index contributed by atoms with van der Waals surface area (Å²) in [6.45, 7) is 0. The van der Waals surface area contributed by atoms with E-state index in [1.54, 1.807) is 13.3 Å². The molecule has 0 N–H and O–H groups in total. The van der Waals surface area contributed by atoms with Crippen LogP contribution in [0.3, 0.4) is 0 Å². The van der Waals surface area contributed by atoms with Crippen LogP contribution in [0.2, 0.25) is 0 Å². The lowest BCUT2D eigenvalue weighted by Gasteiger charge is -2.00. The van der Waals surface area contributed by atoms with Crippen LogP contribution >= 0.6 is 15.9 Å². The molecule has 4 nitrogen and oxygen atoms in total. The van der Waals surface area contributed by atoms with Crippen molar-refractivity contribution in [3.8, 4) is 17.2 Å². The first kappa shape index (κ1) is 11.2. The predicted molar refractivity (Wildman–Crippen MR) is 71.5 cm³/mol. The van der Waals surface area contributed by atoms with Gasteiger partial charge in [0.1, 0.15) is 5.75 Å². The van der Waals surface area contributed by atoms with Crippen LogP contribution < -0.4 is 4.74 Å². The van der Waals surface area contributed by atoms with Gasteiger partial charge in [-0.1, -0.05) is 6.07 Å². The van der Waals surface area contributed by atoms with Crippen LogP contribution in [0.4, 0.5) is 0 Å². The Hall–Kier alpha value is -1.88. The molecule has 2 heterocycles. The molecule has 0 aliphatic carbocycles. The van der Waals surface area contributed by atoms with Gasteiger partial charge in [0.25, 0.3) is 0 Å². The van der Waals surface area contributed by atoms with E-state index in [1.807, 2.05) is 30.3 Å². The Morgan fingerprint density at radius 3 is 3.00 bits per heavy atom. The molecule has 0 aliphatic rings. The number of hydrogen-bond acceptors (Lipinski definition) is 4. The number of halogens is 1. The van der Waals surface area contributed by atoms with Crippen molar-refractivity contribution in [3.05, 3.63) is 41.0 Å². The van der Waals surface area contributed by atoms with E-state index in [4.69, 9.17) is 9.15 Å². The SMILES string of the molecule is COc1cccc(-c2nc3ncc(Br)cc3o2)c1. The molecule has 0 saturated heterocycles. The molecule has 0 atom stereocenters. The van der Waals surface area contributed by atoms with Gasteiger partial charge in [0, 0.05) is 22.3 Å². The van der Waals surface area contributed by atoms with Crippen molar-refractivity contribution in [2.75, 3.05) is 7.11 Å². The molecule has 1 aromatic carbocycles. The van der Waals surface area contributed by atoms with Crippen molar-refractivity contribution in [2.45, 2.75) is 0 Å². The fraction of sp³-hybridized carbons (Fsp3) is 0.0769. The molecule has 3 rings (SSSR count). The molecule has 0 spiro atoms. The molecule has 90 valence electrons. The van der Waals surface area contributed by atoms with Crippen molar-refractivity contribution in [2.24, 2.45) is 0 Å². The molecule has 0 radical (unpaired) electrons. The highest BCUT2D eigenvalue weighted by Gasteiger charge is 2.10. The molecular formula is C13H9BrN2O2. The van der Waals surface area contributed by atoms with Crippen LogP contribution in [0.5, 0.6) is 5.75 Å². The number of nitrogens with zero attached hydrogens (tertiary/aromatic N) is 2. The number of oxazole rings is 1. The smallest absolute Gasteiger partial charge is 0.229 e. The summed E-state index contributed by atoms with van der Waals surface area (Å²) in [4.78, 5) is 8.53. The Balaban J connectivity index is 2.13. The maximum Gasteiger partial charge on any atom is 0.229 e. The monoisotopic (exact) mass is 304 g/mol. The second kappa shape index (κ2) is 4.42. The average molecular weight is 305 g/mol. The van der Waals surface area contributed by atoms with Gasteiger partial charge in [0.2, 0.25) is 5.89 Å². The number of ether oxygens (including phenoxy) is 1. The van der Waals surface area contributed by atoms with E-state index in [9.17, 15) is 0 Å². The summed E-state index contributed by atoms with van der Waals surface area (Å²) in [5, 5.41) is 0. The summed E-state index contributed by atoms with van der Waals surface area (Å²) in [5.74, 6) is 1.30. The first-order valence-electron chi connectivity index (χ1n) is 5.33. The highest BCUT2D eigenvalue weighted by Crippen LogP contribution is 2.27. The van der Waals surface area contributed by atoms with Crippen LogP contribution in [-0.2, 0) is 0 Å². The second-order valence-corrected chi connectivity index (χ2v) is 4.64. The lowest BCUT2D eigenvalue weighted by Crippen LogP contribution is -1.83. The lowest BCUT2D eigenvalue weighted by molar-refractivity contribution is 0.415. The van der Waals surface area contributed by atoms with Gasteiger partial charge in [0.05, 0.1) is 7.11 Å². The van der Waals surface area contributed by atoms with E-state index in [-0.39, 0.29) is 0 Å². The summed E-state index contributed by atoms with van der Waals surface area (Å²) in [5.41, 5.74) is 2.11. The molecule has 3 aromatic rings. The normalized spacial score (nSPS) is 10.8. The number of pyridine rings is 1. The van der Waals surface area contributed by atoms with Crippen LogP contribution in [0, 0.1) is 0 Å². The third-order valence-electron chi connectivity index (χ3n) is 2.53. The first-order chi connectivity index (χ1) is 8.76. The first-order valence-corrected chi connectivity index (χ1v) is 6.12. The van der Waals surface area contributed by atoms with Crippen LogP contribution in [0.25, 0.3) is 22.7 Å². The predicted octanol–water partition coefficient (Wildman–Crippen LogP) is 3.66. The van der Waals surface area contributed by atoms with Crippen LogP contribution in [0.15, 0.2) is 45.4 Å². The number of benzene rings is 1. The third kappa shape index (κ3) is 1.97. The van der Waals surface area contributed by atoms with E-state index in [0.29, 0.717) is 17.1 Å². The number of fused-ring (bicyclic) bond motifs is 1. The Morgan fingerprint density at radius 2 is 2.17 bits per heavy atom. The Morgan fingerprint density at radius 1 is 1.28 bits per heavy atom. The largest absolute Gasteiger partial charge is 0.497 e. The minimum atomic E-state index is 0.537. The summed E-state index contributed by atoms with van der Waals surface area (Å²) in [6, 6.07) is 9.41. The van der Waals surface area contributed by atoms with E-state index in [1.165, 1.54) is 0 Å². The average Bonchev–Trinajstić information content (AvgIpc) is 2.81. The number of methoxy groups -OCH3 is 1.